The van der Waals surface area contributed by atoms with Crippen molar-refractivity contribution in [3.05, 3.63) is 0 Å². The molecule has 12 heavy (non-hydrogen) atoms. The summed E-state index contributed by atoms with van der Waals surface area (Å²) in [5.41, 5.74) is 0.244. The van der Waals surface area contributed by atoms with Crippen LogP contribution in [0.4, 0.5) is 0 Å². The van der Waals surface area contributed by atoms with Crippen molar-refractivity contribution in [2.75, 3.05) is 6.54 Å². The van der Waals surface area contributed by atoms with Gasteiger partial charge in [0.1, 0.15) is 6.42 Å². The van der Waals surface area contributed by atoms with E-state index in [2.05, 4.69) is 12.2 Å². The zero-order valence-corrected chi connectivity index (χ0v) is 7.09. The molecule has 0 atom stereocenters. The third-order valence-electron chi connectivity index (χ3n) is 2.13. The lowest BCUT2D eigenvalue weighted by molar-refractivity contribution is -0.140. The van der Waals surface area contributed by atoms with Crippen molar-refractivity contribution in [2.24, 2.45) is 5.41 Å². The van der Waals surface area contributed by atoms with Crippen LogP contribution in [0, 0.1) is 5.41 Å². The summed E-state index contributed by atoms with van der Waals surface area (Å²) in [4.78, 5) is 20.9. The molecule has 4 nitrogen and oxygen atoms in total. The highest BCUT2D eigenvalue weighted by Crippen LogP contribution is 2.43. The molecule has 0 spiro atoms. The Hall–Kier alpha value is -1.06. The van der Waals surface area contributed by atoms with E-state index in [1.165, 1.54) is 0 Å². The van der Waals surface area contributed by atoms with Crippen LogP contribution >= 0.6 is 0 Å². The van der Waals surface area contributed by atoms with Gasteiger partial charge in [-0.15, -0.1) is 0 Å². The molecule has 1 amide bonds. The fourth-order valence-corrected chi connectivity index (χ4v) is 0.902. The number of hydrogen-bond acceptors (Lipinski definition) is 2. The van der Waals surface area contributed by atoms with E-state index in [9.17, 15) is 9.59 Å². The van der Waals surface area contributed by atoms with E-state index in [-0.39, 0.29) is 5.41 Å². The van der Waals surface area contributed by atoms with Gasteiger partial charge in [-0.3, -0.25) is 9.59 Å². The fraction of sp³-hybridized carbons (Fsp3) is 0.750. The molecule has 1 aliphatic carbocycles. The molecule has 0 saturated heterocycles. The van der Waals surface area contributed by atoms with Gasteiger partial charge in [0.15, 0.2) is 0 Å². The van der Waals surface area contributed by atoms with Gasteiger partial charge in [-0.25, -0.2) is 0 Å². The summed E-state index contributed by atoms with van der Waals surface area (Å²) in [6, 6.07) is 0. The van der Waals surface area contributed by atoms with E-state index in [0.717, 1.165) is 12.8 Å². The molecular weight excluding hydrogens is 158 g/mol. The highest BCUT2D eigenvalue weighted by atomic mass is 16.4. The summed E-state index contributed by atoms with van der Waals surface area (Å²) in [7, 11) is 0. The van der Waals surface area contributed by atoms with E-state index >= 15 is 0 Å². The Morgan fingerprint density at radius 2 is 2.08 bits per heavy atom. The lowest BCUT2D eigenvalue weighted by Gasteiger charge is -2.08. The van der Waals surface area contributed by atoms with Gasteiger partial charge in [-0.1, -0.05) is 6.92 Å². The minimum atomic E-state index is -1.08. The van der Waals surface area contributed by atoms with Gasteiger partial charge in [0.2, 0.25) is 5.91 Å². The molecule has 0 radical (unpaired) electrons. The van der Waals surface area contributed by atoms with Crippen molar-refractivity contribution >= 4 is 11.9 Å². The topological polar surface area (TPSA) is 66.4 Å². The second-order valence-corrected chi connectivity index (χ2v) is 3.66. The molecule has 1 fully saturated rings. The molecule has 1 rings (SSSR count). The van der Waals surface area contributed by atoms with Crippen molar-refractivity contribution in [2.45, 2.75) is 26.2 Å². The van der Waals surface area contributed by atoms with Crippen LogP contribution in [0.15, 0.2) is 0 Å². The van der Waals surface area contributed by atoms with Crippen LogP contribution in [-0.2, 0) is 9.59 Å². The van der Waals surface area contributed by atoms with Gasteiger partial charge in [-0.2, -0.15) is 0 Å². The zero-order chi connectivity index (χ0) is 9.19. The molecule has 1 saturated carbocycles. The van der Waals surface area contributed by atoms with Gasteiger partial charge in [0, 0.05) is 6.54 Å². The van der Waals surface area contributed by atoms with Gasteiger partial charge in [-0.05, 0) is 18.3 Å². The summed E-state index contributed by atoms with van der Waals surface area (Å²) in [5.74, 6) is -1.47. The van der Waals surface area contributed by atoms with E-state index in [0.29, 0.717) is 6.54 Å². The molecular formula is C8H13NO3. The maximum Gasteiger partial charge on any atom is 0.312 e. The summed E-state index contributed by atoms with van der Waals surface area (Å²) in [6.45, 7) is 2.69. The number of amides is 1. The van der Waals surface area contributed by atoms with Crippen LogP contribution in [0.3, 0.4) is 0 Å². The first-order valence-electron chi connectivity index (χ1n) is 4.00. The maximum atomic E-state index is 10.8. The number of carbonyl (C=O) groups excluding carboxylic acids is 1. The molecule has 2 N–H and O–H groups in total. The first-order valence-corrected chi connectivity index (χ1v) is 4.00. The largest absolute Gasteiger partial charge is 0.481 e. The molecule has 0 aromatic carbocycles. The molecule has 68 valence electrons. The third kappa shape index (κ3) is 2.90. The second-order valence-electron chi connectivity index (χ2n) is 3.66. The van der Waals surface area contributed by atoms with Crippen molar-refractivity contribution in [3.63, 3.8) is 0 Å². The average Bonchev–Trinajstić information content (AvgIpc) is 2.64. The number of carbonyl (C=O) groups is 2. The fourth-order valence-electron chi connectivity index (χ4n) is 0.902. The normalized spacial score (nSPS) is 18.4. The summed E-state index contributed by atoms with van der Waals surface area (Å²) >= 11 is 0. The van der Waals surface area contributed by atoms with Crippen LogP contribution in [-0.4, -0.2) is 23.5 Å². The molecule has 4 heteroatoms. The Morgan fingerprint density at radius 1 is 1.50 bits per heavy atom. The van der Waals surface area contributed by atoms with Gasteiger partial charge in [0.25, 0.3) is 0 Å². The number of carboxylic acid groups (broad SMARTS) is 1. The van der Waals surface area contributed by atoms with Crippen molar-refractivity contribution in [3.8, 4) is 0 Å². The lowest BCUT2D eigenvalue weighted by atomic mass is 10.1. The number of carboxylic acids is 1. The van der Waals surface area contributed by atoms with E-state index in [1.807, 2.05) is 0 Å². The Labute approximate surface area is 71.0 Å². The van der Waals surface area contributed by atoms with E-state index in [1.54, 1.807) is 0 Å². The summed E-state index contributed by atoms with van der Waals surface area (Å²) in [5, 5.41) is 10.9. The Bertz CT molecular complexity index is 208. The van der Waals surface area contributed by atoms with Crippen molar-refractivity contribution in [1.82, 2.24) is 5.32 Å². The van der Waals surface area contributed by atoms with Crippen LogP contribution in [0.25, 0.3) is 0 Å². The number of aliphatic carboxylic acids is 1. The number of rotatable bonds is 4. The first-order chi connectivity index (χ1) is 5.52. The van der Waals surface area contributed by atoms with Gasteiger partial charge >= 0.3 is 5.97 Å². The Kier molecular flexibility index (Phi) is 2.35. The third-order valence-corrected chi connectivity index (χ3v) is 2.13. The standard InChI is InChI=1S/C8H13NO3/c1-8(2-3-8)5-9-6(10)4-7(11)12/h2-5H2,1H3,(H,9,10)(H,11,12). The first kappa shape index (κ1) is 9.03. The van der Waals surface area contributed by atoms with Gasteiger partial charge in [0.05, 0.1) is 0 Å². The summed E-state index contributed by atoms with van der Waals surface area (Å²) < 4.78 is 0. The molecule has 0 aliphatic heterocycles. The Morgan fingerprint density at radius 3 is 2.50 bits per heavy atom. The SMILES string of the molecule is CC1(CNC(=O)CC(=O)O)CC1. The second kappa shape index (κ2) is 3.13. The minimum Gasteiger partial charge on any atom is -0.481 e. The molecule has 0 aromatic heterocycles. The predicted octanol–water partition coefficient (Wildman–Crippen LogP) is 0.377. The monoisotopic (exact) mass is 171 g/mol. The molecule has 0 unspecified atom stereocenters. The predicted molar refractivity (Wildman–Crippen MR) is 42.6 cm³/mol. The highest BCUT2D eigenvalue weighted by molar-refractivity contribution is 5.93. The van der Waals surface area contributed by atoms with Crippen molar-refractivity contribution in [1.29, 1.82) is 0 Å². The van der Waals surface area contributed by atoms with E-state index in [4.69, 9.17) is 5.11 Å². The Balaban J connectivity index is 2.14. The average molecular weight is 171 g/mol. The van der Waals surface area contributed by atoms with Crippen LogP contribution in [0.5, 0.6) is 0 Å². The summed E-state index contributed by atoms with van der Waals surface area (Å²) in [6.07, 6.45) is 1.83. The molecule has 1 aliphatic rings. The van der Waals surface area contributed by atoms with Gasteiger partial charge < -0.3 is 10.4 Å². The van der Waals surface area contributed by atoms with Crippen molar-refractivity contribution < 1.29 is 14.7 Å². The molecule has 0 aromatic rings. The van der Waals surface area contributed by atoms with Crippen LogP contribution in [0.1, 0.15) is 26.2 Å². The molecule has 0 bridgehead atoms. The zero-order valence-electron chi connectivity index (χ0n) is 7.09. The number of hydrogen-bond donors (Lipinski definition) is 2. The molecule has 0 heterocycles. The number of nitrogens with one attached hydrogen (secondary N) is 1. The minimum absolute atomic E-state index is 0.244. The van der Waals surface area contributed by atoms with Crippen LogP contribution in [0.2, 0.25) is 0 Å². The smallest absolute Gasteiger partial charge is 0.312 e. The highest BCUT2D eigenvalue weighted by Gasteiger charge is 2.37. The van der Waals surface area contributed by atoms with Crippen LogP contribution < -0.4 is 5.32 Å². The van der Waals surface area contributed by atoms with E-state index < -0.39 is 18.3 Å². The lowest BCUT2D eigenvalue weighted by Crippen LogP contribution is -2.30. The maximum absolute atomic E-state index is 10.8. The quantitative estimate of drug-likeness (QED) is 0.601.